The van der Waals surface area contributed by atoms with Crippen molar-refractivity contribution in [3.05, 3.63) is 23.8 Å². The van der Waals surface area contributed by atoms with Gasteiger partial charge in [-0.05, 0) is 32.6 Å². The fraction of sp³-hybridized carbons (Fsp3) is 0.773. The minimum Gasteiger partial charge on any atom is -0.463 e. The Hall–Kier alpha value is -1.05. The first-order valence-electron chi connectivity index (χ1n) is 10.3. The van der Waals surface area contributed by atoms with Gasteiger partial charge in [-0.25, -0.2) is 4.79 Å². The molecule has 0 aliphatic carbocycles. The molecule has 0 aromatic heterocycles. The molecule has 0 aliphatic heterocycles. The van der Waals surface area contributed by atoms with Crippen molar-refractivity contribution in [2.24, 2.45) is 0 Å². The predicted molar refractivity (Wildman–Crippen MR) is 105 cm³/mol. The molecular formula is C22H40O2. The maximum atomic E-state index is 11.5. The molecule has 0 amide bonds. The van der Waals surface area contributed by atoms with Gasteiger partial charge in [-0.15, -0.1) is 0 Å². The molecule has 0 N–H and O–H groups in total. The molecule has 0 fully saturated rings. The summed E-state index contributed by atoms with van der Waals surface area (Å²) in [4.78, 5) is 11.5. The van der Waals surface area contributed by atoms with Gasteiger partial charge in [0.2, 0.25) is 0 Å². The maximum absolute atomic E-state index is 11.5. The molecule has 0 aromatic carbocycles. The summed E-state index contributed by atoms with van der Waals surface area (Å²) in [6, 6.07) is 0. The third-order valence-electron chi connectivity index (χ3n) is 4.25. The van der Waals surface area contributed by atoms with Crippen molar-refractivity contribution in [2.45, 2.75) is 104 Å². The third-order valence-corrected chi connectivity index (χ3v) is 4.25. The smallest absolute Gasteiger partial charge is 0.330 e. The zero-order chi connectivity index (χ0) is 17.9. The van der Waals surface area contributed by atoms with Gasteiger partial charge in [-0.3, -0.25) is 0 Å². The largest absolute Gasteiger partial charge is 0.463 e. The Morgan fingerprint density at radius 2 is 1.33 bits per heavy atom. The highest BCUT2D eigenvalue weighted by atomic mass is 16.5. The molecular weight excluding hydrogens is 296 g/mol. The number of hydrogen-bond acceptors (Lipinski definition) is 2. The minimum absolute atomic E-state index is 0.228. The van der Waals surface area contributed by atoms with Crippen LogP contribution in [0.2, 0.25) is 0 Å². The topological polar surface area (TPSA) is 26.3 Å². The molecule has 2 nitrogen and oxygen atoms in total. The lowest BCUT2D eigenvalue weighted by molar-refractivity contribution is -0.137. The second-order valence-corrected chi connectivity index (χ2v) is 6.59. The molecule has 0 heterocycles. The third kappa shape index (κ3) is 15.8. The van der Waals surface area contributed by atoms with Crippen molar-refractivity contribution in [1.82, 2.24) is 0 Å². The molecule has 0 aliphatic rings. The van der Waals surface area contributed by atoms with Crippen LogP contribution in [-0.4, -0.2) is 12.6 Å². The van der Waals surface area contributed by atoms with Crippen molar-refractivity contribution in [2.75, 3.05) is 6.61 Å². The molecule has 0 bridgehead atoms. The Morgan fingerprint density at radius 1 is 0.750 bits per heavy atom. The second kappa shape index (κ2) is 18.3. The molecule has 0 radical (unpaired) electrons. The Bertz CT molecular complexity index is 342. The van der Waals surface area contributed by atoms with Crippen molar-refractivity contribution in [3.63, 3.8) is 0 Å². The Labute approximate surface area is 150 Å². The van der Waals surface area contributed by atoms with Crippen LogP contribution in [0.1, 0.15) is 104 Å². The normalized spacial score (nSPS) is 12.0. The van der Waals surface area contributed by atoms with Crippen LogP contribution in [-0.2, 0) is 9.53 Å². The van der Waals surface area contributed by atoms with E-state index >= 15 is 0 Å². The Balaban J connectivity index is 4.18. The van der Waals surface area contributed by atoms with Gasteiger partial charge < -0.3 is 4.74 Å². The molecule has 0 saturated heterocycles. The van der Waals surface area contributed by atoms with Gasteiger partial charge in [0, 0.05) is 6.08 Å². The first-order chi connectivity index (χ1) is 11.7. The summed E-state index contributed by atoms with van der Waals surface area (Å²) in [5.74, 6) is -0.228. The number of rotatable bonds is 16. The van der Waals surface area contributed by atoms with E-state index in [1.807, 2.05) is 13.0 Å². The monoisotopic (exact) mass is 336 g/mol. The van der Waals surface area contributed by atoms with Crippen molar-refractivity contribution >= 4 is 5.97 Å². The number of esters is 1. The lowest BCUT2D eigenvalue weighted by Crippen LogP contribution is -1.99. The van der Waals surface area contributed by atoms with E-state index in [2.05, 4.69) is 19.9 Å². The van der Waals surface area contributed by atoms with Gasteiger partial charge in [0.15, 0.2) is 0 Å². The van der Waals surface area contributed by atoms with E-state index in [9.17, 15) is 4.79 Å². The Morgan fingerprint density at radius 3 is 1.96 bits per heavy atom. The van der Waals surface area contributed by atoms with Crippen LogP contribution >= 0.6 is 0 Å². The second-order valence-electron chi connectivity index (χ2n) is 6.59. The molecule has 0 atom stereocenters. The van der Waals surface area contributed by atoms with Crippen LogP contribution in [0.25, 0.3) is 0 Å². The molecule has 0 saturated carbocycles. The van der Waals surface area contributed by atoms with E-state index in [4.69, 9.17) is 4.74 Å². The fourth-order valence-corrected chi connectivity index (χ4v) is 2.76. The first-order valence-corrected chi connectivity index (χ1v) is 10.3. The van der Waals surface area contributed by atoms with Gasteiger partial charge in [0.1, 0.15) is 0 Å². The number of allylic oxidation sites excluding steroid dienone is 3. The van der Waals surface area contributed by atoms with Gasteiger partial charge in [-0.1, -0.05) is 89.4 Å². The average Bonchev–Trinajstić information content (AvgIpc) is 2.58. The lowest BCUT2D eigenvalue weighted by atomic mass is 10.0. The maximum Gasteiger partial charge on any atom is 0.330 e. The molecule has 140 valence electrons. The summed E-state index contributed by atoms with van der Waals surface area (Å²) in [6.45, 7) is 6.78. The summed E-state index contributed by atoms with van der Waals surface area (Å²) in [5, 5.41) is 0. The van der Waals surface area contributed by atoms with Crippen LogP contribution in [0.15, 0.2) is 23.8 Å². The van der Waals surface area contributed by atoms with E-state index < -0.39 is 0 Å². The molecule has 0 rings (SSSR count). The standard InChI is InChI=1S/C22H40O2/c1-4-7-9-11-12-14-16-18-21(17-15-13-10-8-5-2)19-20-22(23)24-6-3/h18-20H,4-17H2,1-3H3. The lowest BCUT2D eigenvalue weighted by Gasteiger charge is -2.04. The average molecular weight is 337 g/mol. The number of carbonyl (C=O) groups is 1. The zero-order valence-corrected chi connectivity index (χ0v) is 16.4. The quantitative estimate of drug-likeness (QED) is 0.129. The van der Waals surface area contributed by atoms with Crippen LogP contribution in [0.4, 0.5) is 0 Å². The number of ether oxygens (including phenoxy) is 1. The van der Waals surface area contributed by atoms with Crippen molar-refractivity contribution < 1.29 is 9.53 Å². The summed E-state index contributed by atoms with van der Waals surface area (Å²) in [6.07, 6.45) is 22.5. The molecule has 24 heavy (non-hydrogen) atoms. The van der Waals surface area contributed by atoms with E-state index in [1.165, 1.54) is 76.2 Å². The van der Waals surface area contributed by atoms with E-state index in [0.29, 0.717) is 6.61 Å². The van der Waals surface area contributed by atoms with Crippen LogP contribution < -0.4 is 0 Å². The number of carbonyl (C=O) groups excluding carboxylic acids is 1. The predicted octanol–water partition coefficient (Wildman–Crippen LogP) is 7.14. The van der Waals surface area contributed by atoms with E-state index in [1.54, 1.807) is 6.08 Å². The number of hydrogen-bond donors (Lipinski definition) is 0. The van der Waals surface area contributed by atoms with Crippen molar-refractivity contribution in [3.8, 4) is 0 Å². The van der Waals surface area contributed by atoms with E-state index in [-0.39, 0.29) is 5.97 Å². The van der Waals surface area contributed by atoms with E-state index in [0.717, 1.165) is 12.8 Å². The number of unbranched alkanes of at least 4 members (excludes halogenated alkanes) is 10. The van der Waals surface area contributed by atoms with Gasteiger partial charge in [0.05, 0.1) is 6.61 Å². The zero-order valence-electron chi connectivity index (χ0n) is 16.4. The highest BCUT2D eigenvalue weighted by molar-refractivity contribution is 5.82. The highest BCUT2D eigenvalue weighted by Gasteiger charge is 1.98. The minimum atomic E-state index is -0.228. The van der Waals surface area contributed by atoms with Gasteiger partial charge in [-0.2, -0.15) is 0 Å². The van der Waals surface area contributed by atoms with Crippen LogP contribution in [0.5, 0.6) is 0 Å². The summed E-state index contributed by atoms with van der Waals surface area (Å²) >= 11 is 0. The molecule has 0 aromatic rings. The fourth-order valence-electron chi connectivity index (χ4n) is 2.76. The Kier molecular flexibility index (Phi) is 17.5. The van der Waals surface area contributed by atoms with Gasteiger partial charge >= 0.3 is 5.97 Å². The summed E-state index contributed by atoms with van der Waals surface area (Å²) in [7, 11) is 0. The van der Waals surface area contributed by atoms with Crippen molar-refractivity contribution in [1.29, 1.82) is 0 Å². The molecule has 0 spiro atoms. The highest BCUT2D eigenvalue weighted by Crippen LogP contribution is 2.15. The van der Waals surface area contributed by atoms with Crippen LogP contribution in [0, 0.1) is 0 Å². The molecule has 2 heteroatoms. The summed E-state index contributed by atoms with van der Waals surface area (Å²) < 4.78 is 4.98. The first kappa shape index (κ1) is 22.9. The SMILES string of the molecule is CCCCCCCCC=C(C=CC(=O)OCC)CCCCCCC. The van der Waals surface area contributed by atoms with Gasteiger partial charge in [0.25, 0.3) is 0 Å². The van der Waals surface area contributed by atoms with Crippen LogP contribution in [0.3, 0.4) is 0 Å². The summed E-state index contributed by atoms with van der Waals surface area (Å²) in [5.41, 5.74) is 1.30. The molecule has 0 unspecified atom stereocenters.